The van der Waals surface area contributed by atoms with Crippen LogP contribution in [0.15, 0.2) is 54.6 Å². The lowest BCUT2D eigenvalue weighted by Gasteiger charge is -2.07. The first kappa shape index (κ1) is 13.9. The molecule has 2 aromatic carbocycles. The summed E-state index contributed by atoms with van der Waals surface area (Å²) in [6, 6.07) is 14.7. The van der Waals surface area contributed by atoms with Crippen molar-refractivity contribution in [1.29, 1.82) is 0 Å². The molecule has 3 aromatic rings. The molecule has 5 nitrogen and oxygen atoms in total. The predicted octanol–water partition coefficient (Wildman–Crippen LogP) is 2.89. The smallest absolute Gasteiger partial charge is 0.202 e. The molecule has 112 valence electrons. The maximum atomic E-state index is 10.3. The second kappa shape index (κ2) is 5.37. The fourth-order valence-corrected chi connectivity index (χ4v) is 2.41. The van der Waals surface area contributed by atoms with Crippen LogP contribution in [0.1, 0.15) is 11.1 Å². The summed E-state index contributed by atoms with van der Waals surface area (Å²) in [5.74, 6) is -0.269. The molecule has 22 heavy (non-hydrogen) atoms. The molecule has 0 unspecified atom stereocenters. The zero-order chi connectivity index (χ0) is 15.7. The van der Waals surface area contributed by atoms with Crippen LogP contribution in [-0.4, -0.2) is 25.0 Å². The predicted molar refractivity (Wildman–Crippen MR) is 81.7 cm³/mol. The SMILES string of the molecule is Oc1ccc(Cc2cc(O)n(-c3ccccc3)c2O)c(O)c1. The van der Waals surface area contributed by atoms with Gasteiger partial charge in [-0.3, -0.25) is 4.57 Å². The maximum Gasteiger partial charge on any atom is 0.202 e. The Kier molecular flexibility index (Phi) is 3.39. The molecule has 0 aliphatic heterocycles. The molecule has 1 heterocycles. The summed E-state index contributed by atoms with van der Waals surface area (Å²) < 4.78 is 1.33. The van der Waals surface area contributed by atoms with Crippen molar-refractivity contribution in [2.75, 3.05) is 0 Å². The van der Waals surface area contributed by atoms with Crippen molar-refractivity contribution in [3.63, 3.8) is 0 Å². The zero-order valence-corrected chi connectivity index (χ0v) is 11.6. The Morgan fingerprint density at radius 3 is 2.18 bits per heavy atom. The van der Waals surface area contributed by atoms with Gasteiger partial charge in [0.1, 0.15) is 11.5 Å². The second-order valence-corrected chi connectivity index (χ2v) is 5.01. The minimum absolute atomic E-state index is 0.0322. The summed E-state index contributed by atoms with van der Waals surface area (Å²) >= 11 is 0. The van der Waals surface area contributed by atoms with Gasteiger partial charge in [-0.15, -0.1) is 0 Å². The van der Waals surface area contributed by atoms with Crippen LogP contribution in [0, 0.1) is 0 Å². The van der Waals surface area contributed by atoms with Crippen molar-refractivity contribution in [2.24, 2.45) is 0 Å². The summed E-state index contributed by atoms with van der Waals surface area (Å²) in [5.41, 5.74) is 1.65. The standard InChI is InChI=1S/C17H15NO4/c19-14-7-6-11(15(20)10-14)8-12-9-16(21)18(17(12)22)13-4-2-1-3-5-13/h1-7,9-10,19-22H,8H2. The number of aromatic hydroxyl groups is 4. The van der Waals surface area contributed by atoms with E-state index in [2.05, 4.69) is 0 Å². The third-order valence-corrected chi connectivity index (χ3v) is 3.50. The van der Waals surface area contributed by atoms with Crippen molar-refractivity contribution in [2.45, 2.75) is 6.42 Å². The Morgan fingerprint density at radius 1 is 0.773 bits per heavy atom. The van der Waals surface area contributed by atoms with E-state index in [1.165, 1.54) is 22.8 Å². The number of rotatable bonds is 3. The molecular weight excluding hydrogens is 282 g/mol. The number of aromatic nitrogens is 1. The van der Waals surface area contributed by atoms with E-state index in [4.69, 9.17) is 0 Å². The number of phenolic OH excluding ortho intramolecular Hbond substituents is 2. The first-order valence-corrected chi connectivity index (χ1v) is 6.75. The number of benzene rings is 2. The maximum absolute atomic E-state index is 10.3. The van der Waals surface area contributed by atoms with Crippen molar-refractivity contribution in [3.05, 3.63) is 65.7 Å². The van der Waals surface area contributed by atoms with Crippen LogP contribution >= 0.6 is 0 Å². The van der Waals surface area contributed by atoms with Gasteiger partial charge < -0.3 is 20.4 Å². The van der Waals surface area contributed by atoms with E-state index in [1.54, 1.807) is 30.3 Å². The van der Waals surface area contributed by atoms with Gasteiger partial charge in [-0.25, -0.2) is 0 Å². The molecule has 0 aliphatic rings. The van der Waals surface area contributed by atoms with Crippen LogP contribution in [0.25, 0.3) is 5.69 Å². The second-order valence-electron chi connectivity index (χ2n) is 5.01. The summed E-state index contributed by atoms with van der Waals surface area (Å²) in [6.07, 6.45) is 0.228. The van der Waals surface area contributed by atoms with Crippen LogP contribution in [0.5, 0.6) is 23.3 Å². The van der Waals surface area contributed by atoms with E-state index in [1.807, 2.05) is 6.07 Å². The molecule has 1 aromatic heterocycles. The normalized spacial score (nSPS) is 10.7. The van der Waals surface area contributed by atoms with Crippen molar-refractivity contribution in [1.82, 2.24) is 4.57 Å². The molecule has 5 heteroatoms. The summed E-state index contributed by atoms with van der Waals surface area (Å²) in [4.78, 5) is 0. The van der Waals surface area contributed by atoms with E-state index in [0.29, 0.717) is 16.8 Å². The van der Waals surface area contributed by atoms with Gasteiger partial charge in [0.15, 0.2) is 5.88 Å². The third-order valence-electron chi connectivity index (χ3n) is 3.50. The van der Waals surface area contributed by atoms with E-state index >= 15 is 0 Å². The molecule has 0 atom stereocenters. The molecule has 0 fully saturated rings. The van der Waals surface area contributed by atoms with E-state index in [0.717, 1.165) is 0 Å². The Hall–Kier alpha value is -3.08. The monoisotopic (exact) mass is 297 g/mol. The molecule has 0 saturated carbocycles. The largest absolute Gasteiger partial charge is 0.508 e. The zero-order valence-electron chi connectivity index (χ0n) is 11.6. The van der Waals surface area contributed by atoms with Crippen molar-refractivity contribution < 1.29 is 20.4 Å². The van der Waals surface area contributed by atoms with Gasteiger partial charge >= 0.3 is 0 Å². The molecule has 0 bridgehead atoms. The van der Waals surface area contributed by atoms with Crippen LogP contribution in [-0.2, 0) is 6.42 Å². The number of hydrogen-bond acceptors (Lipinski definition) is 4. The van der Waals surface area contributed by atoms with Crippen LogP contribution < -0.4 is 0 Å². The molecule has 4 N–H and O–H groups in total. The highest BCUT2D eigenvalue weighted by Crippen LogP contribution is 2.34. The quantitative estimate of drug-likeness (QED) is 0.599. The topological polar surface area (TPSA) is 85.9 Å². The molecule has 0 spiro atoms. The fraction of sp³-hybridized carbons (Fsp3) is 0.0588. The molecule has 0 radical (unpaired) electrons. The third kappa shape index (κ3) is 2.44. The highest BCUT2D eigenvalue weighted by atomic mass is 16.3. The summed E-state index contributed by atoms with van der Waals surface area (Å²) in [7, 11) is 0. The highest BCUT2D eigenvalue weighted by molar-refractivity contribution is 5.50. The average molecular weight is 297 g/mol. The Morgan fingerprint density at radius 2 is 1.50 bits per heavy atom. The molecule has 0 saturated heterocycles. The highest BCUT2D eigenvalue weighted by Gasteiger charge is 2.16. The molecular formula is C17H15NO4. The lowest BCUT2D eigenvalue weighted by Crippen LogP contribution is -1.93. The number of phenols is 2. The minimum atomic E-state index is -0.0869. The van der Waals surface area contributed by atoms with Gasteiger partial charge in [-0.1, -0.05) is 24.3 Å². The molecule has 0 amide bonds. The van der Waals surface area contributed by atoms with Crippen LogP contribution in [0.3, 0.4) is 0 Å². The van der Waals surface area contributed by atoms with Gasteiger partial charge in [-0.05, 0) is 23.8 Å². The lowest BCUT2D eigenvalue weighted by molar-refractivity contribution is 0.401. The van der Waals surface area contributed by atoms with Gasteiger partial charge in [0.05, 0.1) is 5.69 Å². The molecule has 0 aliphatic carbocycles. The first-order valence-electron chi connectivity index (χ1n) is 6.75. The van der Waals surface area contributed by atoms with Gasteiger partial charge in [0.25, 0.3) is 0 Å². The minimum Gasteiger partial charge on any atom is -0.508 e. The average Bonchev–Trinajstić information content (AvgIpc) is 2.77. The van der Waals surface area contributed by atoms with Gasteiger partial charge in [0, 0.05) is 24.1 Å². The Balaban J connectivity index is 2.00. The van der Waals surface area contributed by atoms with E-state index < -0.39 is 0 Å². The first-order chi connectivity index (χ1) is 10.6. The number of hydrogen-bond donors (Lipinski definition) is 4. The Labute approximate surface area is 127 Å². The van der Waals surface area contributed by atoms with Gasteiger partial charge in [0.2, 0.25) is 5.88 Å². The lowest BCUT2D eigenvalue weighted by atomic mass is 10.1. The number of nitrogens with zero attached hydrogens (tertiary/aromatic N) is 1. The summed E-state index contributed by atoms with van der Waals surface area (Å²) in [5, 5.41) is 39.5. The Bertz CT molecular complexity index is 809. The number of para-hydroxylation sites is 1. The van der Waals surface area contributed by atoms with E-state index in [9.17, 15) is 20.4 Å². The molecule has 3 rings (SSSR count). The van der Waals surface area contributed by atoms with Crippen molar-refractivity contribution >= 4 is 0 Å². The van der Waals surface area contributed by atoms with Crippen LogP contribution in [0.4, 0.5) is 0 Å². The van der Waals surface area contributed by atoms with Crippen molar-refractivity contribution in [3.8, 4) is 28.9 Å². The van der Waals surface area contributed by atoms with Gasteiger partial charge in [-0.2, -0.15) is 0 Å². The summed E-state index contributed by atoms with van der Waals surface area (Å²) in [6.45, 7) is 0. The van der Waals surface area contributed by atoms with E-state index in [-0.39, 0.29) is 29.7 Å². The van der Waals surface area contributed by atoms with Crippen LogP contribution in [0.2, 0.25) is 0 Å². The fourth-order valence-electron chi connectivity index (χ4n) is 2.41.